The number of aromatic nitrogens is 4. The Morgan fingerprint density at radius 2 is 1.87 bits per heavy atom. The van der Waals surface area contributed by atoms with Crippen molar-refractivity contribution in [2.45, 2.75) is 52.6 Å². The van der Waals surface area contributed by atoms with Crippen molar-refractivity contribution in [3.63, 3.8) is 0 Å². The van der Waals surface area contributed by atoms with Crippen molar-refractivity contribution in [1.82, 2.24) is 18.7 Å². The summed E-state index contributed by atoms with van der Waals surface area (Å²) in [5.74, 6) is 1.01. The second-order valence-corrected chi connectivity index (χ2v) is 8.56. The largest absolute Gasteiger partial charge is 0.396 e. The molecule has 3 aromatic rings. The minimum Gasteiger partial charge on any atom is -0.396 e. The smallest absolute Gasteiger partial charge is 0.332 e. The van der Waals surface area contributed by atoms with Gasteiger partial charge in [0.1, 0.15) is 0 Å². The summed E-state index contributed by atoms with van der Waals surface area (Å²) in [7, 11) is 1.65. The van der Waals surface area contributed by atoms with Gasteiger partial charge < -0.3 is 14.6 Å². The van der Waals surface area contributed by atoms with Gasteiger partial charge in [0, 0.05) is 39.0 Å². The molecule has 1 aliphatic rings. The molecular formula is C23H31N5O3. The summed E-state index contributed by atoms with van der Waals surface area (Å²) in [5.41, 5.74) is 2.47. The number of aliphatic hydroxyl groups excluding tert-OH is 1. The molecular weight excluding hydrogens is 394 g/mol. The molecule has 0 fully saturated rings. The maximum Gasteiger partial charge on any atom is 0.332 e. The molecule has 1 N–H and O–H groups in total. The fraction of sp³-hybridized carbons (Fsp3) is 0.522. The van der Waals surface area contributed by atoms with Crippen LogP contribution in [0.25, 0.3) is 11.2 Å². The van der Waals surface area contributed by atoms with Crippen LogP contribution in [0.15, 0.2) is 33.9 Å². The number of fused-ring (bicyclic) bond motifs is 3. The number of benzene rings is 1. The Labute approximate surface area is 181 Å². The van der Waals surface area contributed by atoms with E-state index in [1.165, 1.54) is 27.5 Å². The van der Waals surface area contributed by atoms with Gasteiger partial charge in [-0.2, -0.15) is 4.98 Å². The van der Waals surface area contributed by atoms with Gasteiger partial charge in [-0.15, -0.1) is 0 Å². The highest BCUT2D eigenvalue weighted by molar-refractivity contribution is 5.77. The average Bonchev–Trinajstić information content (AvgIpc) is 3.15. The predicted octanol–water partition coefficient (Wildman–Crippen LogP) is 2.41. The minimum atomic E-state index is -0.402. The van der Waals surface area contributed by atoms with Crippen molar-refractivity contribution in [2.75, 3.05) is 18.1 Å². The van der Waals surface area contributed by atoms with E-state index in [1.807, 2.05) is 4.57 Å². The van der Waals surface area contributed by atoms with Gasteiger partial charge in [0.25, 0.3) is 5.56 Å². The maximum absolute atomic E-state index is 13.2. The SMILES string of the molecule is CCCCc1ccc(N2CC(C)Cn3c2nc2c3c(=O)n(CCCO)c(=O)n2C)cc1. The molecule has 1 unspecified atom stereocenters. The lowest BCUT2D eigenvalue weighted by atomic mass is 10.1. The van der Waals surface area contributed by atoms with Crippen molar-refractivity contribution >= 4 is 22.8 Å². The van der Waals surface area contributed by atoms with Gasteiger partial charge in [0.05, 0.1) is 0 Å². The van der Waals surface area contributed by atoms with Crippen LogP contribution < -0.4 is 16.1 Å². The first-order chi connectivity index (χ1) is 15.0. The summed E-state index contributed by atoms with van der Waals surface area (Å²) < 4.78 is 4.60. The van der Waals surface area contributed by atoms with E-state index in [2.05, 4.69) is 43.0 Å². The first-order valence-corrected chi connectivity index (χ1v) is 11.1. The van der Waals surface area contributed by atoms with Crippen molar-refractivity contribution in [2.24, 2.45) is 13.0 Å². The van der Waals surface area contributed by atoms with Crippen LogP contribution in [0.2, 0.25) is 0 Å². The Balaban J connectivity index is 1.83. The Morgan fingerprint density at radius 3 is 2.55 bits per heavy atom. The zero-order valence-corrected chi connectivity index (χ0v) is 18.5. The van der Waals surface area contributed by atoms with Crippen LogP contribution in [0.1, 0.15) is 38.7 Å². The molecule has 2 aromatic heterocycles. The average molecular weight is 426 g/mol. The number of nitrogens with zero attached hydrogens (tertiary/aromatic N) is 5. The normalized spacial score (nSPS) is 16.1. The van der Waals surface area contributed by atoms with E-state index in [1.54, 1.807) is 7.05 Å². The minimum absolute atomic E-state index is 0.0722. The van der Waals surface area contributed by atoms with Crippen LogP contribution in [-0.4, -0.2) is 36.9 Å². The van der Waals surface area contributed by atoms with Gasteiger partial charge in [-0.05, 0) is 42.9 Å². The van der Waals surface area contributed by atoms with Crippen molar-refractivity contribution in [3.05, 3.63) is 50.7 Å². The second-order valence-electron chi connectivity index (χ2n) is 8.56. The van der Waals surface area contributed by atoms with Gasteiger partial charge in [-0.1, -0.05) is 32.4 Å². The van der Waals surface area contributed by atoms with Crippen molar-refractivity contribution in [1.29, 1.82) is 0 Å². The van der Waals surface area contributed by atoms with Gasteiger partial charge in [-0.3, -0.25) is 13.9 Å². The van der Waals surface area contributed by atoms with E-state index < -0.39 is 5.69 Å². The van der Waals surface area contributed by atoms with Gasteiger partial charge in [0.15, 0.2) is 11.2 Å². The molecule has 0 radical (unpaired) electrons. The monoisotopic (exact) mass is 425 g/mol. The van der Waals surface area contributed by atoms with Crippen LogP contribution in [0.3, 0.4) is 0 Å². The summed E-state index contributed by atoms with van der Waals surface area (Å²) in [6, 6.07) is 8.56. The topological polar surface area (TPSA) is 85.3 Å². The molecule has 4 rings (SSSR count). The van der Waals surface area contributed by atoms with E-state index in [-0.39, 0.29) is 18.7 Å². The third kappa shape index (κ3) is 3.80. The van der Waals surface area contributed by atoms with Crippen LogP contribution in [0.5, 0.6) is 0 Å². The molecule has 0 spiro atoms. The summed E-state index contributed by atoms with van der Waals surface area (Å²) >= 11 is 0. The number of imidazole rings is 1. The fourth-order valence-electron chi connectivity index (χ4n) is 4.37. The number of unbranched alkanes of at least 4 members (excludes halogenated alkanes) is 1. The summed E-state index contributed by atoms with van der Waals surface area (Å²) in [5, 5.41) is 9.16. The lowest BCUT2D eigenvalue weighted by molar-refractivity contribution is 0.277. The van der Waals surface area contributed by atoms with Gasteiger partial charge in [-0.25, -0.2) is 4.79 Å². The second kappa shape index (κ2) is 8.70. The van der Waals surface area contributed by atoms with E-state index in [9.17, 15) is 9.59 Å². The third-order valence-electron chi connectivity index (χ3n) is 6.05. The Morgan fingerprint density at radius 1 is 1.13 bits per heavy atom. The zero-order chi connectivity index (χ0) is 22.1. The summed E-state index contributed by atoms with van der Waals surface area (Å²) in [6.07, 6.45) is 3.77. The van der Waals surface area contributed by atoms with Crippen LogP contribution in [0.4, 0.5) is 11.6 Å². The van der Waals surface area contributed by atoms with Crippen molar-refractivity contribution in [3.8, 4) is 0 Å². The van der Waals surface area contributed by atoms with E-state index in [4.69, 9.17) is 10.1 Å². The Bertz CT molecular complexity index is 1190. The highest BCUT2D eigenvalue weighted by Gasteiger charge is 2.29. The lowest BCUT2D eigenvalue weighted by Gasteiger charge is -2.33. The third-order valence-corrected chi connectivity index (χ3v) is 6.05. The molecule has 8 heteroatoms. The number of rotatable bonds is 7. The number of hydrogen-bond acceptors (Lipinski definition) is 5. The fourth-order valence-corrected chi connectivity index (χ4v) is 4.37. The molecule has 0 saturated heterocycles. The highest BCUT2D eigenvalue weighted by Crippen LogP contribution is 2.33. The predicted molar refractivity (Wildman–Crippen MR) is 122 cm³/mol. The van der Waals surface area contributed by atoms with E-state index >= 15 is 0 Å². The Hall–Kier alpha value is -2.87. The standard InChI is InChI=1S/C23H31N5O3/c1-4-5-7-17-8-10-18(11-9-17)27-14-16(2)15-28-19-20(24-22(27)28)25(3)23(31)26(21(19)30)12-6-13-29/h8-11,16,29H,4-7,12-15H2,1-3H3. The molecule has 0 amide bonds. The molecule has 0 bridgehead atoms. The van der Waals surface area contributed by atoms with Crippen LogP contribution >= 0.6 is 0 Å². The van der Waals surface area contributed by atoms with E-state index in [0.29, 0.717) is 36.0 Å². The summed E-state index contributed by atoms with van der Waals surface area (Å²) in [6.45, 7) is 5.94. The number of hydrogen-bond donors (Lipinski definition) is 1. The van der Waals surface area contributed by atoms with Crippen LogP contribution in [-0.2, 0) is 26.6 Å². The molecule has 1 atom stereocenters. The molecule has 3 heterocycles. The van der Waals surface area contributed by atoms with Crippen LogP contribution in [0, 0.1) is 5.92 Å². The Kier molecular flexibility index (Phi) is 6.00. The molecule has 8 nitrogen and oxygen atoms in total. The zero-order valence-electron chi connectivity index (χ0n) is 18.5. The maximum atomic E-state index is 13.2. The molecule has 166 valence electrons. The molecule has 31 heavy (non-hydrogen) atoms. The molecule has 1 aliphatic heterocycles. The molecule has 0 aliphatic carbocycles. The highest BCUT2D eigenvalue weighted by atomic mass is 16.3. The number of aryl methyl sites for hydroxylation is 2. The van der Waals surface area contributed by atoms with Gasteiger partial charge >= 0.3 is 5.69 Å². The first kappa shape index (κ1) is 21.4. The first-order valence-electron chi connectivity index (χ1n) is 11.1. The van der Waals surface area contributed by atoms with Crippen molar-refractivity contribution < 1.29 is 5.11 Å². The molecule has 0 saturated carbocycles. The lowest BCUT2D eigenvalue weighted by Crippen LogP contribution is -2.40. The number of anilines is 2. The number of aliphatic hydroxyl groups is 1. The quantitative estimate of drug-likeness (QED) is 0.628. The molecule has 1 aromatic carbocycles. The summed E-state index contributed by atoms with van der Waals surface area (Å²) in [4.78, 5) is 32.9. The van der Waals surface area contributed by atoms with E-state index in [0.717, 1.165) is 18.7 Å². The van der Waals surface area contributed by atoms with Gasteiger partial charge in [0.2, 0.25) is 5.95 Å².